The fourth-order valence-corrected chi connectivity index (χ4v) is 3.77. The lowest BCUT2D eigenvalue weighted by Gasteiger charge is -2.37. The number of hydrogen-bond acceptors (Lipinski definition) is 3. The molecule has 0 aliphatic carbocycles. The number of rotatable bonds is 5. The first-order valence-electron chi connectivity index (χ1n) is 9.47. The number of aryl methyl sites for hydroxylation is 1. The second-order valence-electron chi connectivity index (χ2n) is 7.06. The zero-order valence-electron chi connectivity index (χ0n) is 16.3. The fourth-order valence-electron chi connectivity index (χ4n) is 3.37. The molecule has 0 spiro atoms. The largest absolute Gasteiger partial charge is 0.369 e. The maximum Gasteiger partial charge on any atom is 0.170 e. The highest BCUT2D eigenvalue weighted by molar-refractivity contribution is 7.80. The average molecular weight is 421 g/mol. The van der Waals surface area contributed by atoms with Crippen molar-refractivity contribution in [2.75, 3.05) is 49.5 Å². The van der Waals surface area contributed by atoms with E-state index >= 15 is 0 Å². The maximum atomic E-state index is 13.2. The summed E-state index contributed by atoms with van der Waals surface area (Å²) in [7, 11) is 0. The van der Waals surface area contributed by atoms with E-state index in [-0.39, 0.29) is 5.02 Å². The Kier molecular flexibility index (Phi) is 7.10. The van der Waals surface area contributed by atoms with Gasteiger partial charge in [0, 0.05) is 50.6 Å². The zero-order chi connectivity index (χ0) is 20.1. The third kappa shape index (κ3) is 5.34. The maximum absolute atomic E-state index is 13.2. The summed E-state index contributed by atoms with van der Waals surface area (Å²) in [6.45, 7) is 10.2. The van der Waals surface area contributed by atoms with E-state index in [1.54, 1.807) is 6.07 Å². The standard InChI is InChI=1S/C21H26ClFN4S/c1-15-4-3-5-20(16(15)2)27-12-10-26(11-13-27)9-8-24-21(28)25-17-6-7-19(23)18(22)14-17/h3-7,14H,8-13H2,1-2H3,(H2,24,25,28). The molecule has 28 heavy (non-hydrogen) atoms. The third-order valence-corrected chi connectivity index (χ3v) is 5.72. The number of piperazine rings is 1. The summed E-state index contributed by atoms with van der Waals surface area (Å²) >= 11 is 11.1. The summed E-state index contributed by atoms with van der Waals surface area (Å²) in [5.41, 5.74) is 4.73. The molecule has 2 aromatic rings. The van der Waals surface area contributed by atoms with Crippen molar-refractivity contribution in [1.29, 1.82) is 0 Å². The van der Waals surface area contributed by atoms with Crippen molar-refractivity contribution in [1.82, 2.24) is 10.2 Å². The van der Waals surface area contributed by atoms with Gasteiger partial charge in [0.1, 0.15) is 5.82 Å². The van der Waals surface area contributed by atoms with Crippen LogP contribution in [0.4, 0.5) is 15.8 Å². The van der Waals surface area contributed by atoms with E-state index in [9.17, 15) is 4.39 Å². The van der Waals surface area contributed by atoms with Crippen LogP contribution in [-0.2, 0) is 0 Å². The summed E-state index contributed by atoms with van der Waals surface area (Å²) in [4.78, 5) is 4.91. The number of nitrogens with zero attached hydrogens (tertiary/aromatic N) is 2. The minimum absolute atomic E-state index is 0.0783. The molecule has 1 heterocycles. The predicted octanol–water partition coefficient (Wildman–Crippen LogP) is 4.20. The van der Waals surface area contributed by atoms with Crippen molar-refractivity contribution < 1.29 is 4.39 Å². The average Bonchev–Trinajstić information content (AvgIpc) is 2.68. The summed E-state index contributed by atoms with van der Waals surface area (Å²) in [6, 6.07) is 11.0. The molecule has 0 aromatic heterocycles. The molecular formula is C21H26ClFN4S. The minimum Gasteiger partial charge on any atom is -0.369 e. The molecule has 3 rings (SSSR count). The van der Waals surface area contributed by atoms with Crippen LogP contribution in [0, 0.1) is 19.7 Å². The lowest BCUT2D eigenvalue weighted by Crippen LogP contribution is -2.48. The first kappa shape index (κ1) is 20.8. The van der Waals surface area contributed by atoms with Gasteiger partial charge >= 0.3 is 0 Å². The second-order valence-corrected chi connectivity index (χ2v) is 7.87. The number of halogens is 2. The molecule has 2 N–H and O–H groups in total. The van der Waals surface area contributed by atoms with Crippen molar-refractivity contribution in [2.24, 2.45) is 0 Å². The molecule has 2 aromatic carbocycles. The second kappa shape index (κ2) is 9.54. The summed E-state index contributed by atoms with van der Waals surface area (Å²) in [5, 5.41) is 6.82. The van der Waals surface area contributed by atoms with Crippen LogP contribution in [0.1, 0.15) is 11.1 Å². The first-order chi connectivity index (χ1) is 13.4. The Morgan fingerprint density at radius 3 is 2.61 bits per heavy atom. The lowest BCUT2D eigenvalue weighted by molar-refractivity contribution is 0.262. The molecule has 0 unspecified atom stereocenters. The van der Waals surface area contributed by atoms with Gasteiger partial charge in [-0.3, -0.25) is 4.90 Å². The van der Waals surface area contributed by atoms with E-state index in [1.807, 2.05) is 0 Å². The summed E-state index contributed by atoms with van der Waals surface area (Å²) in [6.07, 6.45) is 0. The highest BCUT2D eigenvalue weighted by Gasteiger charge is 2.18. The molecule has 1 fully saturated rings. The van der Waals surface area contributed by atoms with Crippen molar-refractivity contribution in [3.8, 4) is 0 Å². The molecule has 7 heteroatoms. The normalized spacial score (nSPS) is 14.8. The Morgan fingerprint density at radius 1 is 1.14 bits per heavy atom. The number of hydrogen-bond donors (Lipinski definition) is 2. The Hall–Kier alpha value is -1.89. The van der Waals surface area contributed by atoms with Gasteiger partial charge in [-0.05, 0) is 61.5 Å². The van der Waals surface area contributed by atoms with Gasteiger partial charge in [0.25, 0.3) is 0 Å². The lowest BCUT2D eigenvalue weighted by atomic mass is 10.1. The molecular weight excluding hydrogens is 395 g/mol. The molecule has 0 atom stereocenters. The highest BCUT2D eigenvalue weighted by Crippen LogP contribution is 2.23. The molecule has 150 valence electrons. The molecule has 0 saturated carbocycles. The van der Waals surface area contributed by atoms with Crippen LogP contribution in [0.15, 0.2) is 36.4 Å². The fraction of sp³-hybridized carbons (Fsp3) is 0.381. The quantitative estimate of drug-likeness (QED) is 0.708. The SMILES string of the molecule is Cc1cccc(N2CCN(CCNC(=S)Nc3ccc(F)c(Cl)c3)CC2)c1C. The van der Waals surface area contributed by atoms with Gasteiger partial charge in [0.05, 0.1) is 5.02 Å². The highest BCUT2D eigenvalue weighted by atomic mass is 35.5. The smallest absolute Gasteiger partial charge is 0.170 e. The zero-order valence-corrected chi connectivity index (χ0v) is 17.8. The molecule has 4 nitrogen and oxygen atoms in total. The molecule has 0 radical (unpaired) electrons. The Morgan fingerprint density at radius 2 is 1.89 bits per heavy atom. The monoisotopic (exact) mass is 420 g/mol. The molecule has 1 saturated heterocycles. The van der Waals surface area contributed by atoms with Crippen LogP contribution in [0.5, 0.6) is 0 Å². The van der Waals surface area contributed by atoms with Gasteiger partial charge < -0.3 is 15.5 Å². The van der Waals surface area contributed by atoms with Crippen LogP contribution < -0.4 is 15.5 Å². The molecule has 0 amide bonds. The van der Waals surface area contributed by atoms with Gasteiger partial charge in [0.2, 0.25) is 0 Å². The van der Waals surface area contributed by atoms with Crippen LogP contribution in [0.25, 0.3) is 0 Å². The van der Waals surface area contributed by atoms with E-state index < -0.39 is 5.82 Å². The Balaban J connectivity index is 1.40. The number of benzene rings is 2. The number of nitrogens with one attached hydrogen (secondary N) is 2. The number of anilines is 2. The van der Waals surface area contributed by atoms with E-state index in [1.165, 1.54) is 28.9 Å². The van der Waals surface area contributed by atoms with E-state index in [4.69, 9.17) is 23.8 Å². The molecule has 1 aliphatic rings. The van der Waals surface area contributed by atoms with Crippen LogP contribution in [-0.4, -0.2) is 49.3 Å². The van der Waals surface area contributed by atoms with Gasteiger partial charge in [-0.1, -0.05) is 23.7 Å². The third-order valence-electron chi connectivity index (χ3n) is 5.18. The van der Waals surface area contributed by atoms with Crippen molar-refractivity contribution in [3.05, 3.63) is 58.4 Å². The van der Waals surface area contributed by atoms with Gasteiger partial charge in [-0.25, -0.2) is 4.39 Å². The van der Waals surface area contributed by atoms with Crippen LogP contribution in [0.2, 0.25) is 5.02 Å². The van der Waals surface area contributed by atoms with E-state index in [2.05, 4.69) is 52.5 Å². The first-order valence-corrected chi connectivity index (χ1v) is 10.3. The summed E-state index contributed by atoms with van der Waals surface area (Å²) < 4.78 is 13.2. The van der Waals surface area contributed by atoms with Crippen molar-refractivity contribution in [2.45, 2.75) is 13.8 Å². The van der Waals surface area contributed by atoms with E-state index in [0.717, 1.165) is 39.3 Å². The predicted molar refractivity (Wildman–Crippen MR) is 120 cm³/mol. The van der Waals surface area contributed by atoms with Gasteiger partial charge in [0.15, 0.2) is 5.11 Å². The Bertz CT molecular complexity index is 837. The van der Waals surface area contributed by atoms with Crippen LogP contribution >= 0.6 is 23.8 Å². The minimum atomic E-state index is -0.439. The van der Waals surface area contributed by atoms with Gasteiger partial charge in [-0.2, -0.15) is 0 Å². The summed E-state index contributed by atoms with van der Waals surface area (Å²) in [5.74, 6) is -0.439. The molecule has 1 aliphatic heterocycles. The van der Waals surface area contributed by atoms with Crippen molar-refractivity contribution >= 4 is 40.3 Å². The van der Waals surface area contributed by atoms with E-state index in [0.29, 0.717) is 10.8 Å². The van der Waals surface area contributed by atoms with Gasteiger partial charge in [-0.15, -0.1) is 0 Å². The topological polar surface area (TPSA) is 30.5 Å². The van der Waals surface area contributed by atoms with Crippen LogP contribution in [0.3, 0.4) is 0 Å². The number of thiocarbonyl (C=S) groups is 1. The molecule has 0 bridgehead atoms. The Labute approximate surface area is 176 Å². The van der Waals surface area contributed by atoms with Crippen molar-refractivity contribution in [3.63, 3.8) is 0 Å².